The Balaban J connectivity index is 2.67. The van der Waals surface area contributed by atoms with Crippen molar-refractivity contribution in [3.05, 3.63) is 11.6 Å². The van der Waals surface area contributed by atoms with Crippen molar-refractivity contribution in [3.8, 4) is 0 Å². The van der Waals surface area contributed by atoms with E-state index in [1.165, 1.54) is 0 Å². The van der Waals surface area contributed by atoms with Gasteiger partial charge in [0, 0.05) is 11.6 Å². The van der Waals surface area contributed by atoms with Gasteiger partial charge in [-0.15, -0.1) is 0 Å². The van der Waals surface area contributed by atoms with Gasteiger partial charge in [-0.05, 0) is 6.92 Å². The summed E-state index contributed by atoms with van der Waals surface area (Å²) in [7, 11) is 0. The number of carbonyl (C=O) groups is 2. The van der Waals surface area contributed by atoms with Crippen LogP contribution in [0.4, 0.5) is 13.2 Å². The minimum Gasteiger partial charge on any atom is -0.481 e. The third kappa shape index (κ3) is 3.73. The second-order valence-electron chi connectivity index (χ2n) is 4.16. The monoisotopic (exact) mass is 267 g/mol. The predicted octanol–water partition coefficient (Wildman–Crippen LogP) is 0.855. The van der Waals surface area contributed by atoms with E-state index in [1.807, 2.05) is 0 Å². The number of hydrogen-bond acceptors (Lipinski definition) is 3. The van der Waals surface area contributed by atoms with Gasteiger partial charge in [0.1, 0.15) is 0 Å². The van der Waals surface area contributed by atoms with Crippen LogP contribution in [-0.4, -0.2) is 41.9 Å². The predicted molar refractivity (Wildman–Crippen MR) is 53.8 cm³/mol. The molecule has 1 fully saturated rings. The van der Waals surface area contributed by atoms with E-state index in [2.05, 4.69) is 5.32 Å². The molecule has 0 bridgehead atoms. The first kappa shape index (κ1) is 14.5. The molecule has 0 aromatic carbocycles. The maximum absolute atomic E-state index is 12.2. The van der Waals surface area contributed by atoms with Crippen molar-refractivity contribution >= 4 is 11.9 Å². The van der Waals surface area contributed by atoms with Crippen LogP contribution in [0.5, 0.6) is 0 Å². The molecule has 0 aliphatic carbocycles. The first-order chi connectivity index (χ1) is 8.15. The Hall–Kier alpha value is -1.57. The second kappa shape index (κ2) is 4.97. The van der Waals surface area contributed by atoms with Gasteiger partial charge in [0.2, 0.25) is 5.91 Å². The number of aliphatic carboxylic acids is 1. The van der Waals surface area contributed by atoms with Crippen molar-refractivity contribution in [3.63, 3.8) is 0 Å². The Morgan fingerprint density at radius 1 is 1.44 bits per heavy atom. The number of rotatable bonds is 4. The third-order valence-corrected chi connectivity index (χ3v) is 2.43. The molecule has 0 unspecified atom stereocenters. The number of hydrogen-bond donors (Lipinski definition) is 2. The van der Waals surface area contributed by atoms with Crippen molar-refractivity contribution < 1.29 is 32.6 Å². The lowest BCUT2D eigenvalue weighted by Gasteiger charge is -2.40. The summed E-state index contributed by atoms with van der Waals surface area (Å²) in [5.74, 6) is -2.13. The second-order valence-corrected chi connectivity index (χ2v) is 4.16. The van der Waals surface area contributed by atoms with Gasteiger partial charge in [-0.25, -0.2) is 0 Å². The third-order valence-electron chi connectivity index (χ3n) is 2.43. The molecule has 0 atom stereocenters. The molecule has 0 aromatic heterocycles. The summed E-state index contributed by atoms with van der Waals surface area (Å²) in [6.07, 6.45) is -4.56. The zero-order chi connectivity index (χ0) is 14.0. The lowest BCUT2D eigenvalue weighted by molar-refractivity contribution is -0.149. The maximum Gasteiger partial charge on any atom is 0.412 e. The molecule has 1 aliphatic rings. The summed E-state index contributed by atoms with van der Waals surface area (Å²) in [6, 6.07) is 0. The van der Waals surface area contributed by atoms with E-state index in [1.54, 1.807) is 0 Å². The summed E-state index contributed by atoms with van der Waals surface area (Å²) < 4.78 is 41.3. The molecule has 5 nitrogen and oxygen atoms in total. The molecule has 2 N–H and O–H groups in total. The highest BCUT2D eigenvalue weighted by atomic mass is 19.4. The maximum atomic E-state index is 12.2. The van der Waals surface area contributed by atoms with Crippen molar-refractivity contribution in [2.75, 3.05) is 13.2 Å². The van der Waals surface area contributed by atoms with Gasteiger partial charge >= 0.3 is 12.1 Å². The van der Waals surface area contributed by atoms with Crippen LogP contribution in [0.25, 0.3) is 0 Å². The highest BCUT2D eigenvalue weighted by molar-refractivity contribution is 5.89. The van der Waals surface area contributed by atoms with Crippen LogP contribution in [-0.2, 0) is 14.3 Å². The minimum absolute atomic E-state index is 0.0239. The number of allylic oxidation sites excluding steroid dienone is 1. The van der Waals surface area contributed by atoms with E-state index >= 15 is 0 Å². The summed E-state index contributed by atoms with van der Waals surface area (Å²) in [4.78, 5) is 21.9. The highest BCUT2D eigenvalue weighted by Crippen LogP contribution is 2.25. The standard InChI is InChI=1S/C10H12F3NO4/c1-6(10(11,12)13)2-7(15)14-9(3-8(16)17)4-18-5-9/h2H,3-5H2,1H3,(H,14,15)(H,16,17)/b6-2+. The molecule has 0 spiro atoms. The minimum atomic E-state index is -4.58. The molecule has 1 aliphatic heterocycles. The molecule has 1 saturated heterocycles. The normalized spacial score (nSPS) is 19.0. The van der Waals surface area contributed by atoms with Gasteiger partial charge in [0.15, 0.2) is 0 Å². The first-order valence-electron chi connectivity index (χ1n) is 5.02. The zero-order valence-electron chi connectivity index (χ0n) is 9.50. The lowest BCUT2D eigenvalue weighted by Crippen LogP contribution is -2.62. The van der Waals surface area contributed by atoms with E-state index in [0.29, 0.717) is 6.08 Å². The molecular formula is C10H12F3NO4. The Labute approximate surface area is 101 Å². The van der Waals surface area contributed by atoms with Gasteiger partial charge in [-0.1, -0.05) is 0 Å². The topological polar surface area (TPSA) is 75.6 Å². The average Bonchev–Trinajstić information content (AvgIpc) is 2.11. The molecule has 0 aromatic rings. The van der Waals surface area contributed by atoms with Gasteiger partial charge in [-0.2, -0.15) is 13.2 Å². The van der Waals surface area contributed by atoms with Crippen LogP contribution in [0.2, 0.25) is 0 Å². The molecular weight excluding hydrogens is 255 g/mol. The summed E-state index contributed by atoms with van der Waals surface area (Å²) in [6.45, 7) is 0.717. The number of amides is 1. The van der Waals surface area contributed by atoms with Crippen LogP contribution in [0.15, 0.2) is 11.6 Å². The van der Waals surface area contributed by atoms with Gasteiger partial charge < -0.3 is 15.2 Å². The Kier molecular flexibility index (Phi) is 4.00. The van der Waals surface area contributed by atoms with Gasteiger partial charge in [0.25, 0.3) is 0 Å². The van der Waals surface area contributed by atoms with Crippen molar-refractivity contribution in [2.24, 2.45) is 0 Å². The number of alkyl halides is 3. The van der Waals surface area contributed by atoms with Crippen LogP contribution in [0, 0.1) is 0 Å². The highest BCUT2D eigenvalue weighted by Gasteiger charge is 2.42. The van der Waals surface area contributed by atoms with Crippen LogP contribution in [0.3, 0.4) is 0 Å². The molecule has 0 radical (unpaired) electrons. The number of halogens is 3. The summed E-state index contributed by atoms with van der Waals surface area (Å²) in [5, 5.41) is 10.9. The first-order valence-corrected chi connectivity index (χ1v) is 5.02. The molecule has 18 heavy (non-hydrogen) atoms. The van der Waals surface area contributed by atoms with Crippen molar-refractivity contribution in [2.45, 2.75) is 25.1 Å². The SMILES string of the molecule is C/C(=C\C(=O)NC1(CC(=O)O)COC1)C(F)(F)F. The fourth-order valence-electron chi connectivity index (χ4n) is 1.43. The lowest BCUT2D eigenvalue weighted by atomic mass is 9.93. The molecule has 0 saturated carbocycles. The average molecular weight is 267 g/mol. The van der Waals surface area contributed by atoms with E-state index in [4.69, 9.17) is 9.84 Å². The van der Waals surface area contributed by atoms with Crippen LogP contribution < -0.4 is 5.32 Å². The Morgan fingerprint density at radius 2 is 2.00 bits per heavy atom. The number of nitrogens with one attached hydrogen (secondary N) is 1. The quantitative estimate of drug-likeness (QED) is 0.741. The largest absolute Gasteiger partial charge is 0.481 e. The molecule has 8 heteroatoms. The fourth-order valence-corrected chi connectivity index (χ4v) is 1.43. The molecule has 1 amide bonds. The van der Waals surface area contributed by atoms with E-state index < -0.39 is 35.6 Å². The van der Waals surface area contributed by atoms with Gasteiger partial charge in [0.05, 0.1) is 25.2 Å². The Bertz CT molecular complexity index is 385. The van der Waals surface area contributed by atoms with Crippen molar-refractivity contribution in [1.29, 1.82) is 0 Å². The number of carboxylic acids is 1. The van der Waals surface area contributed by atoms with E-state index in [0.717, 1.165) is 6.92 Å². The molecule has 102 valence electrons. The summed E-state index contributed by atoms with van der Waals surface area (Å²) >= 11 is 0. The van der Waals surface area contributed by atoms with Crippen LogP contribution in [0.1, 0.15) is 13.3 Å². The van der Waals surface area contributed by atoms with Crippen LogP contribution >= 0.6 is 0 Å². The molecule has 1 heterocycles. The van der Waals surface area contributed by atoms with Crippen molar-refractivity contribution in [1.82, 2.24) is 5.32 Å². The van der Waals surface area contributed by atoms with E-state index in [-0.39, 0.29) is 13.2 Å². The smallest absolute Gasteiger partial charge is 0.412 e. The van der Waals surface area contributed by atoms with Gasteiger partial charge in [-0.3, -0.25) is 9.59 Å². The fraction of sp³-hybridized carbons (Fsp3) is 0.600. The number of carboxylic acid groups (broad SMARTS) is 1. The van der Waals surface area contributed by atoms with E-state index in [9.17, 15) is 22.8 Å². The number of ether oxygens (including phenoxy) is 1. The number of carbonyl (C=O) groups excluding carboxylic acids is 1. The molecule has 1 rings (SSSR count). The Morgan fingerprint density at radius 3 is 2.33 bits per heavy atom. The zero-order valence-corrected chi connectivity index (χ0v) is 9.50. The summed E-state index contributed by atoms with van der Waals surface area (Å²) in [5.41, 5.74) is -2.16.